The lowest BCUT2D eigenvalue weighted by molar-refractivity contribution is -0.384. The normalized spacial score (nSPS) is 20.2. The third kappa shape index (κ3) is 3.75. The maximum absolute atomic E-state index is 11.0. The maximum atomic E-state index is 11.0. The summed E-state index contributed by atoms with van der Waals surface area (Å²) in [6, 6.07) is 6.00. The summed E-state index contributed by atoms with van der Waals surface area (Å²) in [6.45, 7) is 0.907. The molecule has 7 heteroatoms. The van der Waals surface area contributed by atoms with E-state index in [-0.39, 0.29) is 17.6 Å². The fourth-order valence-electron chi connectivity index (χ4n) is 2.12. The van der Waals surface area contributed by atoms with Crippen LogP contribution < -0.4 is 10.6 Å². The molecular formula is C13H17N3O4. The second-order valence-electron chi connectivity index (χ2n) is 4.81. The van der Waals surface area contributed by atoms with Crippen LogP contribution in [0.5, 0.6) is 0 Å². The smallest absolute Gasteiger partial charge is 0.269 e. The number of amides is 1. The molecule has 2 atom stereocenters. The van der Waals surface area contributed by atoms with Gasteiger partial charge in [-0.05, 0) is 24.1 Å². The Kier molecular flexibility index (Phi) is 4.65. The number of benzene rings is 1. The van der Waals surface area contributed by atoms with E-state index in [1.54, 1.807) is 12.1 Å². The van der Waals surface area contributed by atoms with Gasteiger partial charge in [0.2, 0.25) is 5.91 Å². The molecule has 0 radical (unpaired) electrons. The van der Waals surface area contributed by atoms with E-state index in [0.717, 1.165) is 6.42 Å². The van der Waals surface area contributed by atoms with Crippen LogP contribution >= 0.6 is 0 Å². The van der Waals surface area contributed by atoms with Crippen molar-refractivity contribution in [2.24, 2.45) is 0 Å². The number of aliphatic hydroxyl groups excluding tert-OH is 1. The van der Waals surface area contributed by atoms with Crippen LogP contribution in [0.1, 0.15) is 24.5 Å². The molecule has 3 N–H and O–H groups in total. The predicted octanol–water partition coefficient (Wildman–Crippen LogP) is 0.496. The summed E-state index contributed by atoms with van der Waals surface area (Å²) in [4.78, 5) is 21.1. The van der Waals surface area contributed by atoms with Crippen LogP contribution in [0.2, 0.25) is 0 Å². The fourth-order valence-corrected chi connectivity index (χ4v) is 2.12. The molecule has 1 aromatic rings. The van der Waals surface area contributed by atoms with Gasteiger partial charge >= 0.3 is 0 Å². The molecule has 1 aliphatic rings. The SMILES string of the molecule is O=C1CCC(NCC(O)c2ccc([N+](=O)[O-])cc2)CN1. The first-order valence-corrected chi connectivity index (χ1v) is 6.49. The first-order chi connectivity index (χ1) is 9.56. The van der Waals surface area contributed by atoms with Crippen LogP contribution in [0, 0.1) is 10.1 Å². The van der Waals surface area contributed by atoms with E-state index in [1.807, 2.05) is 0 Å². The number of hydrogen-bond acceptors (Lipinski definition) is 5. The molecule has 7 nitrogen and oxygen atoms in total. The van der Waals surface area contributed by atoms with Gasteiger partial charge in [-0.3, -0.25) is 14.9 Å². The van der Waals surface area contributed by atoms with Gasteiger partial charge in [0, 0.05) is 37.7 Å². The highest BCUT2D eigenvalue weighted by atomic mass is 16.6. The van der Waals surface area contributed by atoms with Crippen LogP contribution in [0.15, 0.2) is 24.3 Å². The molecule has 0 spiro atoms. The van der Waals surface area contributed by atoms with Crippen molar-refractivity contribution in [3.63, 3.8) is 0 Å². The minimum absolute atomic E-state index is 0.00361. The van der Waals surface area contributed by atoms with Crippen molar-refractivity contribution in [2.45, 2.75) is 25.0 Å². The van der Waals surface area contributed by atoms with E-state index in [0.29, 0.717) is 25.1 Å². The summed E-state index contributed by atoms with van der Waals surface area (Å²) < 4.78 is 0. The topological polar surface area (TPSA) is 104 Å². The molecule has 1 aromatic carbocycles. The highest BCUT2D eigenvalue weighted by Crippen LogP contribution is 2.17. The van der Waals surface area contributed by atoms with E-state index >= 15 is 0 Å². The highest BCUT2D eigenvalue weighted by molar-refractivity contribution is 5.76. The molecule has 2 rings (SSSR count). The molecule has 1 fully saturated rings. The lowest BCUT2D eigenvalue weighted by Crippen LogP contribution is -2.46. The first-order valence-electron chi connectivity index (χ1n) is 6.49. The summed E-state index contributed by atoms with van der Waals surface area (Å²) in [5.41, 5.74) is 0.631. The van der Waals surface area contributed by atoms with Crippen LogP contribution in [-0.4, -0.2) is 35.1 Å². The summed E-state index contributed by atoms with van der Waals surface area (Å²) in [5, 5.41) is 26.5. The molecule has 2 unspecified atom stereocenters. The van der Waals surface area contributed by atoms with E-state index in [4.69, 9.17) is 0 Å². The molecule has 0 aliphatic carbocycles. The minimum Gasteiger partial charge on any atom is -0.387 e. The van der Waals surface area contributed by atoms with E-state index in [2.05, 4.69) is 10.6 Å². The Labute approximate surface area is 116 Å². The Bertz CT molecular complexity index is 479. The monoisotopic (exact) mass is 279 g/mol. The van der Waals surface area contributed by atoms with Crippen LogP contribution in [0.3, 0.4) is 0 Å². The average molecular weight is 279 g/mol. The number of aliphatic hydroxyl groups is 1. The molecule has 108 valence electrons. The zero-order valence-corrected chi connectivity index (χ0v) is 10.9. The molecule has 1 amide bonds. The molecule has 0 aromatic heterocycles. The summed E-state index contributed by atoms with van der Waals surface area (Å²) >= 11 is 0. The van der Waals surface area contributed by atoms with Crippen molar-refractivity contribution in [3.05, 3.63) is 39.9 Å². The average Bonchev–Trinajstić information content (AvgIpc) is 2.46. The number of carbonyl (C=O) groups is 1. The number of nitrogens with zero attached hydrogens (tertiary/aromatic N) is 1. The quantitative estimate of drug-likeness (QED) is 0.537. The van der Waals surface area contributed by atoms with Crippen LogP contribution in [0.4, 0.5) is 5.69 Å². The lowest BCUT2D eigenvalue weighted by Gasteiger charge is -2.24. The van der Waals surface area contributed by atoms with Gasteiger partial charge in [0.1, 0.15) is 0 Å². The van der Waals surface area contributed by atoms with Crippen LogP contribution in [-0.2, 0) is 4.79 Å². The lowest BCUT2D eigenvalue weighted by atomic mass is 10.1. The molecule has 1 heterocycles. The highest BCUT2D eigenvalue weighted by Gasteiger charge is 2.18. The van der Waals surface area contributed by atoms with Crippen molar-refractivity contribution in [1.29, 1.82) is 0 Å². The molecule has 0 bridgehead atoms. The Morgan fingerprint density at radius 2 is 2.15 bits per heavy atom. The number of nitro benzene ring substituents is 1. The van der Waals surface area contributed by atoms with Gasteiger partial charge in [-0.2, -0.15) is 0 Å². The van der Waals surface area contributed by atoms with Crippen molar-refractivity contribution in [3.8, 4) is 0 Å². The molecular weight excluding hydrogens is 262 g/mol. The Balaban J connectivity index is 1.83. The van der Waals surface area contributed by atoms with E-state index in [1.165, 1.54) is 12.1 Å². The van der Waals surface area contributed by atoms with Gasteiger partial charge in [0.05, 0.1) is 11.0 Å². The molecule has 1 aliphatic heterocycles. The number of nitrogens with one attached hydrogen (secondary N) is 2. The van der Waals surface area contributed by atoms with E-state index in [9.17, 15) is 20.0 Å². The molecule has 0 saturated carbocycles. The van der Waals surface area contributed by atoms with Gasteiger partial charge in [0.15, 0.2) is 0 Å². The summed E-state index contributed by atoms with van der Waals surface area (Å²) in [5.74, 6) is 0.0546. The fraction of sp³-hybridized carbons (Fsp3) is 0.462. The minimum atomic E-state index is -0.728. The van der Waals surface area contributed by atoms with Gasteiger partial charge < -0.3 is 15.7 Å². The summed E-state index contributed by atoms with van der Waals surface area (Å²) in [7, 11) is 0. The number of piperidine rings is 1. The molecule has 20 heavy (non-hydrogen) atoms. The Morgan fingerprint density at radius 1 is 1.45 bits per heavy atom. The van der Waals surface area contributed by atoms with Gasteiger partial charge in [-0.25, -0.2) is 0 Å². The van der Waals surface area contributed by atoms with Crippen molar-refractivity contribution in [1.82, 2.24) is 10.6 Å². The van der Waals surface area contributed by atoms with Gasteiger partial charge in [-0.1, -0.05) is 0 Å². The van der Waals surface area contributed by atoms with E-state index < -0.39 is 11.0 Å². The van der Waals surface area contributed by atoms with Gasteiger partial charge in [-0.15, -0.1) is 0 Å². The standard InChI is InChI=1S/C13H17N3O4/c17-12(8-14-10-3-6-13(18)15-7-10)9-1-4-11(5-2-9)16(19)20/h1-2,4-5,10,12,14,17H,3,6-8H2,(H,15,18). The number of carbonyl (C=O) groups excluding carboxylic acids is 1. The van der Waals surface area contributed by atoms with Gasteiger partial charge in [0.25, 0.3) is 5.69 Å². The number of rotatable bonds is 5. The van der Waals surface area contributed by atoms with Crippen molar-refractivity contribution in [2.75, 3.05) is 13.1 Å². The summed E-state index contributed by atoms with van der Waals surface area (Å²) in [6.07, 6.45) is 0.512. The number of non-ortho nitro benzene ring substituents is 1. The Hall–Kier alpha value is -1.99. The third-order valence-corrected chi connectivity index (χ3v) is 3.35. The zero-order valence-electron chi connectivity index (χ0n) is 10.9. The molecule has 1 saturated heterocycles. The van der Waals surface area contributed by atoms with Crippen molar-refractivity contribution >= 4 is 11.6 Å². The number of hydrogen-bond donors (Lipinski definition) is 3. The second kappa shape index (κ2) is 6.44. The van der Waals surface area contributed by atoms with Crippen LogP contribution in [0.25, 0.3) is 0 Å². The second-order valence-corrected chi connectivity index (χ2v) is 4.81. The maximum Gasteiger partial charge on any atom is 0.269 e. The third-order valence-electron chi connectivity index (χ3n) is 3.35. The largest absolute Gasteiger partial charge is 0.387 e. The predicted molar refractivity (Wildman–Crippen MR) is 72.1 cm³/mol. The number of nitro groups is 1. The Morgan fingerprint density at radius 3 is 2.70 bits per heavy atom. The van der Waals surface area contributed by atoms with Crippen molar-refractivity contribution < 1.29 is 14.8 Å². The zero-order chi connectivity index (χ0) is 14.5. The first kappa shape index (κ1) is 14.4.